The van der Waals surface area contributed by atoms with Crippen LogP contribution in [0.1, 0.15) is 44.6 Å². The van der Waals surface area contributed by atoms with Crippen molar-refractivity contribution in [3.63, 3.8) is 0 Å². The number of benzene rings is 1. The molecule has 1 aromatic rings. The van der Waals surface area contributed by atoms with Crippen LogP contribution in [0.4, 0.5) is 0 Å². The first-order chi connectivity index (χ1) is 10.1. The van der Waals surface area contributed by atoms with Crippen molar-refractivity contribution in [2.45, 2.75) is 57.5 Å². The number of carbonyl (C=O) groups excluding carboxylic acids is 1. The second-order valence-electron chi connectivity index (χ2n) is 6.00. The lowest BCUT2D eigenvalue weighted by atomic mass is 9.90. The molecule has 1 aliphatic carbocycles. The van der Waals surface area contributed by atoms with Crippen molar-refractivity contribution in [3.05, 3.63) is 29.8 Å². The van der Waals surface area contributed by atoms with Gasteiger partial charge in [0.05, 0.1) is 6.42 Å². The maximum atomic E-state index is 12.6. The van der Waals surface area contributed by atoms with Gasteiger partial charge in [0.25, 0.3) is 0 Å². The number of hydrogen-bond donors (Lipinski definition) is 2. The monoisotopic (exact) mass is 290 g/mol. The third kappa shape index (κ3) is 4.46. The Morgan fingerprint density at radius 3 is 2.67 bits per heavy atom. The lowest BCUT2D eigenvalue weighted by molar-refractivity contribution is -0.133. The molecule has 1 amide bonds. The van der Waals surface area contributed by atoms with Crippen molar-refractivity contribution in [3.8, 4) is 5.75 Å². The minimum atomic E-state index is 0.155. The van der Waals surface area contributed by atoms with Gasteiger partial charge >= 0.3 is 0 Å². The summed E-state index contributed by atoms with van der Waals surface area (Å²) in [5, 5.41) is 9.51. The topological polar surface area (TPSA) is 66.6 Å². The van der Waals surface area contributed by atoms with E-state index in [-0.39, 0.29) is 11.7 Å². The highest BCUT2D eigenvalue weighted by molar-refractivity contribution is 5.79. The van der Waals surface area contributed by atoms with Gasteiger partial charge in [-0.15, -0.1) is 0 Å². The van der Waals surface area contributed by atoms with Crippen LogP contribution in [0.5, 0.6) is 5.75 Å². The van der Waals surface area contributed by atoms with Crippen LogP contribution in [0.3, 0.4) is 0 Å². The van der Waals surface area contributed by atoms with Gasteiger partial charge in [-0.25, -0.2) is 0 Å². The van der Waals surface area contributed by atoms with Crippen molar-refractivity contribution in [1.29, 1.82) is 0 Å². The lowest BCUT2D eigenvalue weighted by Crippen LogP contribution is -2.45. The first kappa shape index (κ1) is 15.8. The highest BCUT2D eigenvalue weighted by Crippen LogP contribution is 2.23. The standard InChI is InChI=1S/C17H26N2O2/c1-2-10-19(15-8-6-14(18)7-9-15)17(21)12-13-4-3-5-16(20)11-13/h3-5,11,14-15,20H,2,6-10,12,18H2,1H3. The zero-order valence-corrected chi connectivity index (χ0v) is 12.8. The van der Waals surface area contributed by atoms with Crippen LogP contribution in [0.15, 0.2) is 24.3 Å². The SMILES string of the molecule is CCCN(C(=O)Cc1cccc(O)c1)C1CCC(N)CC1. The summed E-state index contributed by atoms with van der Waals surface area (Å²) in [6, 6.07) is 7.58. The lowest BCUT2D eigenvalue weighted by Gasteiger charge is -2.36. The third-order valence-corrected chi connectivity index (χ3v) is 4.23. The van der Waals surface area contributed by atoms with E-state index in [1.165, 1.54) is 0 Å². The average Bonchev–Trinajstić information content (AvgIpc) is 2.46. The molecule has 0 spiro atoms. The van der Waals surface area contributed by atoms with Gasteiger partial charge in [-0.3, -0.25) is 4.79 Å². The van der Waals surface area contributed by atoms with Crippen LogP contribution >= 0.6 is 0 Å². The molecule has 1 aromatic carbocycles. The molecule has 1 saturated carbocycles. The van der Waals surface area contributed by atoms with E-state index in [9.17, 15) is 9.90 Å². The van der Waals surface area contributed by atoms with Crippen molar-refractivity contribution >= 4 is 5.91 Å². The largest absolute Gasteiger partial charge is 0.508 e. The highest BCUT2D eigenvalue weighted by Gasteiger charge is 2.27. The number of rotatable bonds is 5. The van der Waals surface area contributed by atoms with Gasteiger partial charge in [-0.05, 0) is 49.8 Å². The summed E-state index contributed by atoms with van der Waals surface area (Å²) < 4.78 is 0. The molecule has 0 radical (unpaired) electrons. The molecule has 0 unspecified atom stereocenters. The number of amides is 1. The van der Waals surface area contributed by atoms with Gasteiger partial charge < -0.3 is 15.7 Å². The van der Waals surface area contributed by atoms with E-state index in [0.29, 0.717) is 18.5 Å². The quantitative estimate of drug-likeness (QED) is 0.875. The van der Waals surface area contributed by atoms with E-state index >= 15 is 0 Å². The maximum Gasteiger partial charge on any atom is 0.227 e. The molecule has 21 heavy (non-hydrogen) atoms. The van der Waals surface area contributed by atoms with E-state index in [4.69, 9.17) is 5.73 Å². The Kier molecular flexibility index (Phi) is 5.62. The highest BCUT2D eigenvalue weighted by atomic mass is 16.3. The fraction of sp³-hybridized carbons (Fsp3) is 0.588. The van der Waals surface area contributed by atoms with Gasteiger partial charge in [0, 0.05) is 18.6 Å². The number of phenolic OH excluding ortho intramolecular Hbond substituents is 1. The molecule has 0 heterocycles. The molecule has 4 heteroatoms. The number of aromatic hydroxyl groups is 1. The van der Waals surface area contributed by atoms with E-state index < -0.39 is 0 Å². The summed E-state index contributed by atoms with van der Waals surface area (Å²) in [4.78, 5) is 14.6. The molecule has 1 aliphatic rings. The van der Waals surface area contributed by atoms with Crippen molar-refractivity contribution < 1.29 is 9.90 Å². The molecule has 4 nitrogen and oxygen atoms in total. The second-order valence-corrected chi connectivity index (χ2v) is 6.00. The zero-order chi connectivity index (χ0) is 15.2. The number of hydrogen-bond acceptors (Lipinski definition) is 3. The number of carbonyl (C=O) groups is 1. The maximum absolute atomic E-state index is 12.6. The van der Waals surface area contributed by atoms with Crippen molar-refractivity contribution in [2.75, 3.05) is 6.54 Å². The van der Waals surface area contributed by atoms with Crippen LogP contribution in [-0.4, -0.2) is 34.5 Å². The van der Waals surface area contributed by atoms with Crippen LogP contribution in [0, 0.1) is 0 Å². The van der Waals surface area contributed by atoms with Crippen molar-refractivity contribution in [1.82, 2.24) is 4.90 Å². The van der Waals surface area contributed by atoms with Gasteiger partial charge in [0.15, 0.2) is 0 Å². The molecule has 0 saturated heterocycles. The van der Waals surface area contributed by atoms with Crippen LogP contribution in [-0.2, 0) is 11.2 Å². The fourth-order valence-electron chi connectivity index (χ4n) is 3.11. The Morgan fingerprint density at radius 2 is 2.05 bits per heavy atom. The molecule has 0 aliphatic heterocycles. The normalized spacial score (nSPS) is 22.0. The van der Waals surface area contributed by atoms with E-state index in [1.807, 2.05) is 11.0 Å². The predicted octanol–water partition coefficient (Wildman–Crippen LogP) is 2.44. The summed E-state index contributed by atoms with van der Waals surface area (Å²) in [6.07, 6.45) is 5.35. The Balaban J connectivity index is 2.01. The minimum Gasteiger partial charge on any atom is -0.508 e. The molecule has 0 aromatic heterocycles. The summed E-state index contributed by atoms with van der Waals surface area (Å²) in [7, 11) is 0. The average molecular weight is 290 g/mol. The Bertz CT molecular complexity index is 468. The molecule has 1 fully saturated rings. The van der Waals surface area contributed by atoms with Gasteiger partial charge in [-0.2, -0.15) is 0 Å². The third-order valence-electron chi connectivity index (χ3n) is 4.23. The van der Waals surface area contributed by atoms with Crippen LogP contribution in [0.2, 0.25) is 0 Å². The van der Waals surface area contributed by atoms with Crippen LogP contribution < -0.4 is 5.73 Å². The molecular formula is C17H26N2O2. The number of nitrogens with zero attached hydrogens (tertiary/aromatic N) is 1. The minimum absolute atomic E-state index is 0.155. The van der Waals surface area contributed by atoms with E-state index in [1.54, 1.807) is 18.2 Å². The molecular weight excluding hydrogens is 264 g/mol. The van der Waals surface area contributed by atoms with Crippen LogP contribution in [0.25, 0.3) is 0 Å². The summed E-state index contributed by atoms with van der Waals surface area (Å²) >= 11 is 0. The molecule has 2 rings (SSSR count). The van der Waals surface area contributed by atoms with Gasteiger partial charge in [0.1, 0.15) is 5.75 Å². The number of nitrogens with two attached hydrogens (primary N) is 1. The van der Waals surface area contributed by atoms with E-state index in [2.05, 4.69) is 6.92 Å². The molecule has 0 atom stereocenters. The molecule has 0 bridgehead atoms. The Labute approximate surface area is 126 Å². The first-order valence-electron chi connectivity index (χ1n) is 7.93. The van der Waals surface area contributed by atoms with Crippen molar-refractivity contribution in [2.24, 2.45) is 5.73 Å². The summed E-state index contributed by atoms with van der Waals surface area (Å²) in [5.74, 6) is 0.369. The van der Waals surface area contributed by atoms with Gasteiger partial charge in [0.2, 0.25) is 5.91 Å². The van der Waals surface area contributed by atoms with Gasteiger partial charge in [-0.1, -0.05) is 19.1 Å². The predicted molar refractivity (Wildman–Crippen MR) is 84.0 cm³/mol. The Morgan fingerprint density at radius 1 is 1.33 bits per heavy atom. The fourth-order valence-corrected chi connectivity index (χ4v) is 3.11. The number of phenols is 1. The first-order valence-corrected chi connectivity index (χ1v) is 7.93. The molecule has 116 valence electrons. The van der Waals surface area contributed by atoms with E-state index in [0.717, 1.165) is 44.2 Å². The summed E-state index contributed by atoms with van der Waals surface area (Å²) in [6.45, 7) is 2.90. The Hall–Kier alpha value is -1.55. The molecule has 3 N–H and O–H groups in total. The summed E-state index contributed by atoms with van der Waals surface area (Å²) in [5.41, 5.74) is 6.83. The smallest absolute Gasteiger partial charge is 0.227 e. The second kappa shape index (κ2) is 7.46. The zero-order valence-electron chi connectivity index (χ0n) is 12.8.